The standard InChI is InChI=1S/C18H25N5O11S2/c1-8(14(26)27)33-22-10(9-7-35-15(19-9)21-16(28)32-17(2,3)4)12(24)20-11-13(25)23(18(11,5)6)34-36(29,30)31/h7-8,11H,1-6H3,(H,20,24)(H,26,27)(H,19,21,28)(H,29,30,31)/b22-10-/t8?,11-/m1/s1. The highest BCUT2D eigenvalue weighted by molar-refractivity contribution is 7.80. The molecule has 2 atom stereocenters. The Morgan fingerprint density at radius 1 is 1.31 bits per heavy atom. The third-order valence-corrected chi connectivity index (χ3v) is 5.44. The van der Waals surface area contributed by atoms with E-state index in [1.165, 1.54) is 19.2 Å². The number of thiazole rings is 1. The van der Waals surface area contributed by atoms with Gasteiger partial charge in [-0.25, -0.2) is 14.6 Å². The van der Waals surface area contributed by atoms with Crippen molar-refractivity contribution in [2.75, 3.05) is 5.32 Å². The summed E-state index contributed by atoms with van der Waals surface area (Å²) in [6.45, 7) is 8.80. The zero-order chi connectivity index (χ0) is 27.6. The predicted octanol–water partition coefficient (Wildman–Crippen LogP) is 0.524. The van der Waals surface area contributed by atoms with E-state index in [4.69, 9.17) is 19.2 Å². The zero-order valence-corrected chi connectivity index (χ0v) is 21.6. The summed E-state index contributed by atoms with van der Waals surface area (Å²) < 4.78 is 40.1. The van der Waals surface area contributed by atoms with Crippen LogP contribution in [0.5, 0.6) is 0 Å². The molecule has 16 nitrogen and oxygen atoms in total. The van der Waals surface area contributed by atoms with Crippen LogP contribution in [0.2, 0.25) is 0 Å². The fourth-order valence-corrected chi connectivity index (χ4v) is 3.77. The number of carboxylic acids is 1. The first-order chi connectivity index (χ1) is 16.3. The normalized spacial score (nSPS) is 18.6. The summed E-state index contributed by atoms with van der Waals surface area (Å²) in [6.07, 6.45) is -2.27. The third-order valence-electron chi connectivity index (χ3n) is 4.34. The largest absolute Gasteiger partial charge is 0.478 e. The van der Waals surface area contributed by atoms with Crippen LogP contribution in [-0.2, 0) is 38.6 Å². The first-order valence-corrected chi connectivity index (χ1v) is 12.3. The van der Waals surface area contributed by atoms with Crippen molar-refractivity contribution in [1.82, 2.24) is 15.4 Å². The van der Waals surface area contributed by atoms with Crippen LogP contribution < -0.4 is 10.6 Å². The number of anilines is 1. The van der Waals surface area contributed by atoms with Gasteiger partial charge in [0.25, 0.3) is 11.8 Å². The molecule has 0 spiro atoms. The van der Waals surface area contributed by atoms with Crippen molar-refractivity contribution >= 4 is 56.5 Å². The highest BCUT2D eigenvalue weighted by atomic mass is 32.3. The highest BCUT2D eigenvalue weighted by Crippen LogP contribution is 2.33. The molecule has 1 fully saturated rings. The van der Waals surface area contributed by atoms with Crippen molar-refractivity contribution in [3.63, 3.8) is 0 Å². The number of carbonyl (C=O) groups is 4. The molecule has 1 aliphatic rings. The average molecular weight is 552 g/mol. The van der Waals surface area contributed by atoms with Crippen LogP contribution in [0.25, 0.3) is 0 Å². The van der Waals surface area contributed by atoms with Crippen LogP contribution in [0.15, 0.2) is 10.5 Å². The molecule has 0 saturated carbocycles. The number of amides is 3. The Hall–Kier alpha value is -3.35. The Bertz CT molecular complexity index is 1190. The summed E-state index contributed by atoms with van der Waals surface area (Å²) in [4.78, 5) is 57.2. The van der Waals surface area contributed by atoms with Crippen LogP contribution in [0.3, 0.4) is 0 Å². The van der Waals surface area contributed by atoms with Gasteiger partial charge in [0.2, 0.25) is 6.10 Å². The molecule has 0 aliphatic carbocycles. The minimum absolute atomic E-state index is 0.0128. The Kier molecular flexibility index (Phi) is 8.29. The summed E-state index contributed by atoms with van der Waals surface area (Å²) in [5.41, 5.74) is -2.90. The van der Waals surface area contributed by atoms with Gasteiger partial charge in [-0.3, -0.25) is 19.5 Å². The molecule has 0 aromatic carbocycles. The number of hydrogen-bond acceptors (Lipinski definition) is 12. The number of nitrogens with one attached hydrogen (secondary N) is 2. The van der Waals surface area contributed by atoms with Gasteiger partial charge in [0, 0.05) is 5.38 Å². The van der Waals surface area contributed by atoms with Crippen LogP contribution in [0.1, 0.15) is 47.2 Å². The van der Waals surface area contributed by atoms with Crippen LogP contribution in [0, 0.1) is 0 Å². The molecule has 4 N–H and O–H groups in total. The molecule has 1 unspecified atom stereocenters. The number of rotatable bonds is 9. The van der Waals surface area contributed by atoms with E-state index in [0.29, 0.717) is 5.06 Å². The van der Waals surface area contributed by atoms with Gasteiger partial charge >= 0.3 is 22.5 Å². The van der Waals surface area contributed by atoms with Crippen molar-refractivity contribution in [1.29, 1.82) is 0 Å². The molecule has 1 saturated heterocycles. The SMILES string of the molecule is CC(O/N=C(\C(=O)N[C@@H]1C(=O)N(OS(=O)(=O)O)C1(C)C)c1csc(NC(=O)OC(C)(C)C)n1)C(=O)O. The smallest absolute Gasteiger partial charge is 0.418 e. The maximum Gasteiger partial charge on any atom is 0.418 e. The monoisotopic (exact) mass is 551 g/mol. The Labute approximate surface area is 209 Å². The third kappa shape index (κ3) is 7.33. The summed E-state index contributed by atoms with van der Waals surface area (Å²) in [6, 6.07) is -1.33. The van der Waals surface area contributed by atoms with Gasteiger partial charge in [0.1, 0.15) is 17.3 Å². The number of carboxylic acid groups (broad SMARTS) is 1. The van der Waals surface area contributed by atoms with Gasteiger partial charge in [0.15, 0.2) is 10.8 Å². The first-order valence-electron chi connectivity index (χ1n) is 10.1. The molecule has 1 aromatic heterocycles. The quantitative estimate of drug-likeness (QED) is 0.143. The number of aromatic nitrogens is 1. The van der Waals surface area contributed by atoms with E-state index in [2.05, 4.69) is 25.1 Å². The van der Waals surface area contributed by atoms with E-state index in [0.717, 1.165) is 18.3 Å². The molecule has 2 rings (SSSR count). The minimum atomic E-state index is -5.00. The zero-order valence-electron chi connectivity index (χ0n) is 20.0. The molecule has 1 aromatic rings. The van der Waals surface area contributed by atoms with E-state index in [9.17, 15) is 27.6 Å². The molecule has 0 radical (unpaired) electrons. The second kappa shape index (κ2) is 10.3. The van der Waals surface area contributed by atoms with Crippen LogP contribution in [-0.4, -0.2) is 81.0 Å². The fraction of sp³-hybridized carbons (Fsp3) is 0.556. The number of nitrogens with zero attached hydrogens (tertiary/aromatic N) is 3. The molecule has 18 heteroatoms. The van der Waals surface area contributed by atoms with Crippen LogP contribution >= 0.6 is 11.3 Å². The van der Waals surface area contributed by atoms with E-state index in [1.807, 2.05) is 0 Å². The van der Waals surface area contributed by atoms with E-state index < -0.39 is 63.3 Å². The van der Waals surface area contributed by atoms with Crippen molar-refractivity contribution < 1.29 is 51.1 Å². The summed E-state index contributed by atoms with van der Waals surface area (Å²) in [5.74, 6) is -3.42. The second-order valence-electron chi connectivity index (χ2n) is 8.89. The molecular formula is C18H25N5O11S2. The Morgan fingerprint density at radius 3 is 2.42 bits per heavy atom. The number of carbonyl (C=O) groups excluding carboxylic acids is 3. The number of hydrogen-bond donors (Lipinski definition) is 4. The molecule has 200 valence electrons. The van der Waals surface area contributed by atoms with E-state index in [1.54, 1.807) is 20.8 Å². The lowest BCUT2D eigenvalue weighted by molar-refractivity contribution is -0.218. The average Bonchev–Trinajstić information content (AvgIpc) is 3.15. The predicted molar refractivity (Wildman–Crippen MR) is 122 cm³/mol. The number of ether oxygens (including phenoxy) is 1. The lowest BCUT2D eigenvalue weighted by atomic mass is 9.84. The van der Waals surface area contributed by atoms with Gasteiger partial charge in [-0.15, -0.1) is 15.6 Å². The van der Waals surface area contributed by atoms with Gasteiger partial charge in [-0.05, 0) is 41.5 Å². The van der Waals surface area contributed by atoms with Crippen molar-refractivity contribution in [3.05, 3.63) is 11.1 Å². The fourth-order valence-electron chi connectivity index (χ4n) is 2.63. The summed E-state index contributed by atoms with van der Waals surface area (Å²) in [5, 5.41) is 18.9. The van der Waals surface area contributed by atoms with E-state index in [-0.39, 0.29) is 10.8 Å². The lowest BCUT2D eigenvalue weighted by Crippen LogP contribution is -2.76. The van der Waals surface area contributed by atoms with Gasteiger partial charge in [-0.2, -0.15) is 13.5 Å². The second-order valence-corrected chi connectivity index (χ2v) is 10.7. The maximum atomic E-state index is 13.0. The van der Waals surface area contributed by atoms with Crippen molar-refractivity contribution in [2.24, 2.45) is 5.16 Å². The Balaban J connectivity index is 2.27. The van der Waals surface area contributed by atoms with Crippen molar-refractivity contribution in [2.45, 2.75) is 64.8 Å². The highest BCUT2D eigenvalue weighted by Gasteiger charge is 2.58. The molecular weight excluding hydrogens is 526 g/mol. The Morgan fingerprint density at radius 2 is 1.92 bits per heavy atom. The summed E-state index contributed by atoms with van der Waals surface area (Å²) >= 11 is 0.890. The molecule has 36 heavy (non-hydrogen) atoms. The van der Waals surface area contributed by atoms with Gasteiger partial charge in [0.05, 0.1) is 5.54 Å². The maximum absolute atomic E-state index is 13.0. The summed E-state index contributed by atoms with van der Waals surface area (Å²) in [7, 11) is -5.00. The molecule has 0 bridgehead atoms. The molecule has 1 aliphatic heterocycles. The first kappa shape index (κ1) is 28.9. The van der Waals surface area contributed by atoms with Crippen molar-refractivity contribution in [3.8, 4) is 0 Å². The number of aliphatic carboxylic acids is 1. The topological polar surface area (TPSA) is 223 Å². The molecule has 2 heterocycles. The lowest BCUT2D eigenvalue weighted by Gasteiger charge is -2.50. The number of oxime groups is 1. The molecule has 3 amide bonds. The van der Waals surface area contributed by atoms with Crippen LogP contribution in [0.4, 0.5) is 9.93 Å². The van der Waals surface area contributed by atoms with Gasteiger partial charge < -0.3 is 20.0 Å². The van der Waals surface area contributed by atoms with Gasteiger partial charge in [-0.1, -0.05) is 5.16 Å². The number of β-lactam (4-membered cyclic amide) rings is 1. The minimum Gasteiger partial charge on any atom is -0.478 e. The van der Waals surface area contributed by atoms with E-state index >= 15 is 0 Å². The number of hydroxylamine groups is 2.